The second-order valence-corrected chi connectivity index (χ2v) is 6.88. The Kier molecular flexibility index (Phi) is 3.36. The fourth-order valence-corrected chi connectivity index (χ4v) is 5.17. The van der Waals surface area contributed by atoms with Crippen LogP contribution in [0, 0.1) is 17.8 Å². The standard InChI is InChI=1S/C16H25NO3/c18-15-5-4-12-13(15)11-20-16(6-2-1-3-14(12)16)17-7-9-19-10-8-17/h12-14H,1-11H2. The van der Waals surface area contributed by atoms with E-state index in [1.165, 1.54) is 19.3 Å². The molecule has 0 aromatic heterocycles. The molecular formula is C16H25NO3. The molecule has 2 saturated heterocycles. The van der Waals surface area contributed by atoms with Gasteiger partial charge in [0.1, 0.15) is 11.5 Å². The molecular weight excluding hydrogens is 254 g/mol. The van der Waals surface area contributed by atoms with Gasteiger partial charge in [0.2, 0.25) is 0 Å². The molecule has 0 spiro atoms. The van der Waals surface area contributed by atoms with E-state index < -0.39 is 0 Å². The highest BCUT2D eigenvalue weighted by Crippen LogP contribution is 2.52. The predicted molar refractivity (Wildman–Crippen MR) is 74.3 cm³/mol. The van der Waals surface area contributed by atoms with E-state index in [4.69, 9.17) is 9.47 Å². The number of Topliss-reactive ketones (excluding diaryl/α,β-unsaturated/α-hetero) is 1. The van der Waals surface area contributed by atoms with Crippen molar-refractivity contribution < 1.29 is 14.3 Å². The van der Waals surface area contributed by atoms with Gasteiger partial charge < -0.3 is 9.47 Å². The quantitative estimate of drug-likeness (QED) is 0.734. The average Bonchev–Trinajstić information content (AvgIpc) is 2.90. The number of fused-ring (bicyclic) bond motifs is 3. The lowest BCUT2D eigenvalue weighted by Gasteiger charge is -2.57. The number of hydrogen-bond donors (Lipinski definition) is 0. The molecule has 0 aromatic carbocycles. The maximum absolute atomic E-state index is 12.1. The van der Waals surface area contributed by atoms with Crippen molar-refractivity contribution in [3.8, 4) is 0 Å². The number of rotatable bonds is 1. The molecule has 0 N–H and O–H groups in total. The molecule has 20 heavy (non-hydrogen) atoms. The Morgan fingerprint density at radius 2 is 2.00 bits per heavy atom. The van der Waals surface area contributed by atoms with Gasteiger partial charge in [-0.05, 0) is 31.6 Å². The summed E-state index contributed by atoms with van der Waals surface area (Å²) in [4.78, 5) is 14.6. The minimum atomic E-state index is -0.0756. The van der Waals surface area contributed by atoms with E-state index in [1.807, 2.05) is 0 Å². The molecule has 4 atom stereocenters. The van der Waals surface area contributed by atoms with E-state index in [0.29, 0.717) is 24.2 Å². The second kappa shape index (κ2) is 5.08. The third-order valence-corrected chi connectivity index (χ3v) is 6.11. The number of ketones is 1. The van der Waals surface area contributed by atoms with Crippen LogP contribution in [0.2, 0.25) is 0 Å². The van der Waals surface area contributed by atoms with Gasteiger partial charge in [0, 0.05) is 31.3 Å². The lowest BCUT2D eigenvalue weighted by Crippen LogP contribution is -2.65. The Balaban J connectivity index is 1.63. The third-order valence-electron chi connectivity index (χ3n) is 6.11. The van der Waals surface area contributed by atoms with E-state index in [-0.39, 0.29) is 11.6 Å². The van der Waals surface area contributed by atoms with Crippen molar-refractivity contribution in [1.82, 2.24) is 4.90 Å². The third kappa shape index (κ3) is 1.88. The van der Waals surface area contributed by atoms with Crippen molar-refractivity contribution in [1.29, 1.82) is 0 Å². The van der Waals surface area contributed by atoms with Gasteiger partial charge in [0.15, 0.2) is 0 Å². The molecule has 2 aliphatic heterocycles. The molecule has 4 nitrogen and oxygen atoms in total. The maximum atomic E-state index is 12.1. The highest BCUT2D eigenvalue weighted by molar-refractivity contribution is 5.83. The number of hydrogen-bond acceptors (Lipinski definition) is 4. The monoisotopic (exact) mass is 279 g/mol. The van der Waals surface area contributed by atoms with E-state index in [2.05, 4.69) is 4.90 Å². The molecule has 0 amide bonds. The van der Waals surface area contributed by atoms with Crippen LogP contribution in [0.1, 0.15) is 38.5 Å². The second-order valence-electron chi connectivity index (χ2n) is 6.88. The summed E-state index contributed by atoms with van der Waals surface area (Å²) in [6.07, 6.45) is 6.84. The maximum Gasteiger partial charge on any atom is 0.138 e. The van der Waals surface area contributed by atoms with Gasteiger partial charge in [-0.3, -0.25) is 9.69 Å². The van der Waals surface area contributed by atoms with Crippen LogP contribution in [0.15, 0.2) is 0 Å². The van der Waals surface area contributed by atoms with Gasteiger partial charge in [-0.2, -0.15) is 0 Å². The minimum Gasteiger partial charge on any atom is -0.379 e. The Bertz CT molecular complexity index is 393. The molecule has 2 saturated carbocycles. The van der Waals surface area contributed by atoms with Crippen molar-refractivity contribution in [2.45, 2.75) is 44.2 Å². The molecule has 4 unspecified atom stereocenters. The van der Waals surface area contributed by atoms with Crippen LogP contribution in [0.25, 0.3) is 0 Å². The van der Waals surface area contributed by atoms with Gasteiger partial charge >= 0.3 is 0 Å². The molecule has 0 radical (unpaired) electrons. The molecule has 0 aromatic rings. The molecule has 4 heteroatoms. The van der Waals surface area contributed by atoms with Crippen LogP contribution < -0.4 is 0 Å². The van der Waals surface area contributed by atoms with Crippen LogP contribution in [0.3, 0.4) is 0 Å². The normalized spacial score (nSPS) is 46.0. The van der Waals surface area contributed by atoms with E-state index in [1.54, 1.807) is 0 Å². The molecule has 2 heterocycles. The summed E-state index contributed by atoms with van der Waals surface area (Å²) >= 11 is 0. The van der Waals surface area contributed by atoms with Crippen LogP contribution in [0.4, 0.5) is 0 Å². The molecule has 4 aliphatic rings. The molecule has 0 bridgehead atoms. The summed E-state index contributed by atoms with van der Waals surface area (Å²) in [5, 5.41) is 0. The van der Waals surface area contributed by atoms with Gasteiger partial charge in [-0.25, -0.2) is 0 Å². The summed E-state index contributed by atoms with van der Waals surface area (Å²) in [6, 6.07) is 0. The van der Waals surface area contributed by atoms with Gasteiger partial charge in [0.05, 0.1) is 19.8 Å². The van der Waals surface area contributed by atoms with Crippen LogP contribution >= 0.6 is 0 Å². The first-order valence-corrected chi connectivity index (χ1v) is 8.31. The number of nitrogens with zero attached hydrogens (tertiary/aromatic N) is 1. The smallest absolute Gasteiger partial charge is 0.138 e. The lowest BCUT2D eigenvalue weighted by molar-refractivity contribution is -0.264. The number of ether oxygens (including phenoxy) is 2. The van der Waals surface area contributed by atoms with Gasteiger partial charge in [0.25, 0.3) is 0 Å². The average molecular weight is 279 g/mol. The van der Waals surface area contributed by atoms with Crippen molar-refractivity contribution in [3.63, 3.8) is 0 Å². The Labute approximate surface area is 120 Å². The van der Waals surface area contributed by atoms with Crippen molar-refractivity contribution in [2.24, 2.45) is 17.8 Å². The zero-order valence-electron chi connectivity index (χ0n) is 12.2. The van der Waals surface area contributed by atoms with Crippen molar-refractivity contribution in [2.75, 3.05) is 32.9 Å². The molecule has 4 rings (SSSR count). The summed E-state index contributed by atoms with van der Waals surface area (Å²) in [7, 11) is 0. The van der Waals surface area contributed by atoms with Crippen LogP contribution in [0.5, 0.6) is 0 Å². The van der Waals surface area contributed by atoms with Crippen molar-refractivity contribution in [3.05, 3.63) is 0 Å². The zero-order valence-corrected chi connectivity index (χ0v) is 12.2. The highest BCUT2D eigenvalue weighted by Gasteiger charge is 2.57. The highest BCUT2D eigenvalue weighted by atomic mass is 16.5. The molecule has 4 fully saturated rings. The zero-order chi connectivity index (χ0) is 13.6. The Morgan fingerprint density at radius 1 is 1.15 bits per heavy atom. The van der Waals surface area contributed by atoms with Crippen molar-refractivity contribution >= 4 is 5.78 Å². The van der Waals surface area contributed by atoms with E-state index in [0.717, 1.165) is 45.6 Å². The Hall–Kier alpha value is -0.450. The number of morpholine rings is 1. The van der Waals surface area contributed by atoms with Gasteiger partial charge in [-0.15, -0.1) is 0 Å². The number of carbonyl (C=O) groups excluding carboxylic acids is 1. The fourth-order valence-electron chi connectivity index (χ4n) is 5.17. The summed E-state index contributed by atoms with van der Waals surface area (Å²) in [5.74, 6) is 1.81. The molecule has 112 valence electrons. The van der Waals surface area contributed by atoms with Gasteiger partial charge in [-0.1, -0.05) is 6.42 Å². The summed E-state index contributed by atoms with van der Waals surface area (Å²) in [6.45, 7) is 4.29. The van der Waals surface area contributed by atoms with E-state index in [9.17, 15) is 4.79 Å². The largest absolute Gasteiger partial charge is 0.379 e. The van der Waals surface area contributed by atoms with Crippen LogP contribution in [-0.2, 0) is 14.3 Å². The first-order valence-electron chi connectivity index (χ1n) is 8.31. The first-order chi connectivity index (χ1) is 9.81. The summed E-state index contributed by atoms with van der Waals surface area (Å²) in [5.41, 5.74) is -0.0756. The minimum absolute atomic E-state index is 0.0756. The summed E-state index contributed by atoms with van der Waals surface area (Å²) < 4.78 is 12.0. The Morgan fingerprint density at radius 3 is 2.85 bits per heavy atom. The topological polar surface area (TPSA) is 38.8 Å². The number of carbonyl (C=O) groups is 1. The first kappa shape index (κ1) is 13.2. The molecule has 2 aliphatic carbocycles. The van der Waals surface area contributed by atoms with Crippen LogP contribution in [-0.4, -0.2) is 49.3 Å². The van der Waals surface area contributed by atoms with E-state index >= 15 is 0 Å². The lowest BCUT2D eigenvalue weighted by atomic mass is 9.67. The predicted octanol–water partition coefficient (Wildman–Crippen LogP) is 1.83. The SMILES string of the molecule is O=C1CCC2C1COC1(N3CCOCC3)CCCCC21. The fraction of sp³-hybridized carbons (Fsp3) is 0.938.